The zero-order valence-electron chi connectivity index (χ0n) is 17.7. The van der Waals surface area contributed by atoms with Crippen LogP contribution in [0.2, 0.25) is 0 Å². The predicted molar refractivity (Wildman–Crippen MR) is 113 cm³/mol. The van der Waals surface area contributed by atoms with E-state index >= 15 is 0 Å². The van der Waals surface area contributed by atoms with E-state index in [4.69, 9.17) is 9.47 Å². The molecule has 2 rings (SSSR count). The molecular weight excluding hydrogens is 334 g/mol. The molecule has 0 aliphatic carbocycles. The van der Waals surface area contributed by atoms with Crippen LogP contribution >= 0.6 is 0 Å². The second kappa shape index (κ2) is 9.91. The number of hydrogen-bond acceptors (Lipinski definition) is 2. The van der Waals surface area contributed by atoms with Gasteiger partial charge in [-0.15, -0.1) is 0 Å². The van der Waals surface area contributed by atoms with Crippen molar-refractivity contribution in [2.45, 2.75) is 45.6 Å². The fourth-order valence-corrected chi connectivity index (χ4v) is 3.43. The maximum Gasteiger partial charge on any atom is 0.183 e. The van der Waals surface area contributed by atoms with Crippen LogP contribution in [0.1, 0.15) is 44.7 Å². The van der Waals surface area contributed by atoms with Gasteiger partial charge >= 0.3 is 0 Å². The molecule has 3 heteroatoms. The second-order valence-corrected chi connectivity index (χ2v) is 8.62. The van der Waals surface area contributed by atoms with Gasteiger partial charge in [-0.2, -0.15) is 0 Å². The summed E-state index contributed by atoms with van der Waals surface area (Å²) in [5.74, 6) is 0.910. The Bertz CT molecular complexity index is 663. The Balaban J connectivity index is 1.70. The van der Waals surface area contributed by atoms with Gasteiger partial charge in [-0.3, -0.25) is 0 Å². The first-order chi connectivity index (χ1) is 12.8. The van der Waals surface area contributed by atoms with Gasteiger partial charge in [0.05, 0.1) is 20.7 Å². The molecule has 3 nitrogen and oxygen atoms in total. The third-order valence-electron chi connectivity index (χ3n) is 4.90. The van der Waals surface area contributed by atoms with Gasteiger partial charge in [-0.05, 0) is 29.5 Å². The molecule has 148 valence electrons. The van der Waals surface area contributed by atoms with E-state index < -0.39 is 0 Å². The Labute approximate surface area is 165 Å². The lowest BCUT2D eigenvalue weighted by Crippen LogP contribution is -2.41. The molecule has 0 unspecified atom stereocenters. The molecule has 0 N–H and O–H groups in total. The summed E-state index contributed by atoms with van der Waals surface area (Å²) in [6.45, 7) is 9.63. The lowest BCUT2D eigenvalue weighted by Gasteiger charge is -2.29. The smallest absolute Gasteiger partial charge is 0.183 e. The minimum Gasteiger partial charge on any atom is -0.491 e. The van der Waals surface area contributed by atoms with Crippen LogP contribution in [0.25, 0.3) is 0 Å². The van der Waals surface area contributed by atoms with Gasteiger partial charge in [0.15, 0.2) is 6.73 Å². The molecule has 27 heavy (non-hydrogen) atoms. The Hall–Kier alpha value is -1.84. The van der Waals surface area contributed by atoms with Gasteiger partial charge in [0.2, 0.25) is 0 Å². The third-order valence-corrected chi connectivity index (χ3v) is 4.90. The lowest BCUT2D eigenvalue weighted by molar-refractivity contribution is -0.922. The highest BCUT2D eigenvalue weighted by Gasteiger charge is 2.19. The van der Waals surface area contributed by atoms with E-state index in [2.05, 4.69) is 89.5 Å². The first kappa shape index (κ1) is 21.5. The van der Waals surface area contributed by atoms with Gasteiger partial charge in [0.25, 0.3) is 0 Å². The maximum absolute atomic E-state index is 5.85. The molecular formula is C24H36NO2+. The van der Waals surface area contributed by atoms with Crippen LogP contribution in [0.15, 0.2) is 54.6 Å². The van der Waals surface area contributed by atoms with E-state index in [1.54, 1.807) is 0 Å². The average molecular weight is 371 g/mol. The van der Waals surface area contributed by atoms with Crippen LogP contribution in [0.4, 0.5) is 0 Å². The fourth-order valence-electron chi connectivity index (χ4n) is 3.43. The first-order valence-corrected chi connectivity index (χ1v) is 9.99. The molecule has 0 spiro atoms. The highest BCUT2D eigenvalue weighted by atomic mass is 16.5. The Morgan fingerprint density at radius 2 is 1.56 bits per heavy atom. The zero-order chi connectivity index (χ0) is 19.8. The predicted octanol–water partition coefficient (Wildman–Crippen LogP) is 5.39. The number of hydrogen-bond donors (Lipinski definition) is 0. The van der Waals surface area contributed by atoms with E-state index in [9.17, 15) is 0 Å². The molecule has 0 radical (unpaired) electrons. The normalized spacial score (nSPS) is 12.2. The molecule has 0 atom stereocenters. The third kappa shape index (κ3) is 7.36. The minimum atomic E-state index is 0.221. The highest BCUT2D eigenvalue weighted by molar-refractivity contribution is 5.31. The first-order valence-electron chi connectivity index (χ1n) is 9.99. The standard InChI is InChI=1S/C24H36NO2/c1-6-16-24(2,3)22-12-14-23(15-13-22)27-18-17-26-20-25(4,5)19-21-10-8-7-9-11-21/h7-15H,6,16-20H2,1-5H3/q+1. The zero-order valence-corrected chi connectivity index (χ0v) is 17.7. The number of quaternary nitrogens is 1. The molecule has 0 amide bonds. The van der Waals surface area contributed by atoms with Crippen molar-refractivity contribution >= 4 is 0 Å². The number of nitrogens with zero attached hydrogens (tertiary/aromatic N) is 1. The lowest BCUT2D eigenvalue weighted by atomic mass is 9.81. The van der Waals surface area contributed by atoms with Crippen LogP contribution in [0.3, 0.4) is 0 Å². The summed E-state index contributed by atoms with van der Waals surface area (Å²) in [5.41, 5.74) is 2.92. The topological polar surface area (TPSA) is 18.5 Å². The Morgan fingerprint density at radius 3 is 2.19 bits per heavy atom. The quantitative estimate of drug-likeness (QED) is 0.300. The van der Waals surface area contributed by atoms with Crippen molar-refractivity contribution in [1.29, 1.82) is 0 Å². The Morgan fingerprint density at radius 1 is 0.889 bits per heavy atom. The number of rotatable bonds is 11. The summed E-state index contributed by atoms with van der Waals surface area (Å²) in [5, 5.41) is 0. The van der Waals surface area contributed by atoms with Crippen molar-refractivity contribution in [2.24, 2.45) is 0 Å². The molecule has 0 saturated heterocycles. The number of benzene rings is 2. The second-order valence-electron chi connectivity index (χ2n) is 8.62. The summed E-state index contributed by atoms with van der Waals surface area (Å²) in [4.78, 5) is 0. The van der Waals surface area contributed by atoms with Gasteiger partial charge in [-0.25, -0.2) is 0 Å². The van der Waals surface area contributed by atoms with Crippen LogP contribution in [-0.4, -0.2) is 38.5 Å². The summed E-state index contributed by atoms with van der Waals surface area (Å²) in [6.07, 6.45) is 2.39. The molecule has 0 aliphatic rings. The van der Waals surface area contributed by atoms with E-state index in [1.165, 1.54) is 24.0 Å². The fraction of sp³-hybridized carbons (Fsp3) is 0.500. The molecule has 0 saturated carbocycles. The van der Waals surface area contributed by atoms with Crippen molar-refractivity contribution in [3.8, 4) is 5.75 Å². The summed E-state index contributed by atoms with van der Waals surface area (Å²) >= 11 is 0. The van der Waals surface area contributed by atoms with Gasteiger partial charge in [0.1, 0.15) is 18.9 Å². The van der Waals surface area contributed by atoms with Gasteiger partial charge in [0, 0.05) is 5.56 Å². The van der Waals surface area contributed by atoms with Crippen LogP contribution in [-0.2, 0) is 16.7 Å². The molecule has 0 fully saturated rings. The molecule has 0 bridgehead atoms. The highest BCUT2D eigenvalue weighted by Crippen LogP contribution is 2.29. The van der Waals surface area contributed by atoms with E-state index in [1.807, 2.05) is 0 Å². The van der Waals surface area contributed by atoms with Crippen molar-refractivity contribution in [1.82, 2.24) is 0 Å². The summed E-state index contributed by atoms with van der Waals surface area (Å²) < 4.78 is 12.5. The SMILES string of the molecule is CCCC(C)(C)c1ccc(OCCOC[N+](C)(C)Cc2ccccc2)cc1. The van der Waals surface area contributed by atoms with Gasteiger partial charge in [-0.1, -0.05) is 69.7 Å². The van der Waals surface area contributed by atoms with E-state index in [0.29, 0.717) is 19.9 Å². The van der Waals surface area contributed by atoms with Crippen LogP contribution < -0.4 is 4.74 Å². The van der Waals surface area contributed by atoms with Gasteiger partial charge < -0.3 is 14.0 Å². The Kier molecular flexibility index (Phi) is 7.88. The van der Waals surface area contributed by atoms with Crippen molar-refractivity contribution in [2.75, 3.05) is 34.0 Å². The average Bonchev–Trinajstić information content (AvgIpc) is 2.62. The molecule has 0 aromatic heterocycles. The summed E-state index contributed by atoms with van der Waals surface area (Å²) in [6, 6.07) is 19.1. The molecule has 0 heterocycles. The van der Waals surface area contributed by atoms with Crippen molar-refractivity contribution in [3.63, 3.8) is 0 Å². The molecule has 2 aromatic carbocycles. The molecule has 2 aromatic rings. The van der Waals surface area contributed by atoms with Crippen molar-refractivity contribution < 1.29 is 14.0 Å². The van der Waals surface area contributed by atoms with Crippen LogP contribution in [0.5, 0.6) is 5.75 Å². The summed E-state index contributed by atoms with van der Waals surface area (Å²) in [7, 11) is 4.37. The van der Waals surface area contributed by atoms with Crippen molar-refractivity contribution in [3.05, 3.63) is 65.7 Å². The monoisotopic (exact) mass is 370 g/mol. The van der Waals surface area contributed by atoms with E-state index in [-0.39, 0.29) is 5.41 Å². The number of ether oxygens (including phenoxy) is 2. The minimum absolute atomic E-state index is 0.221. The largest absolute Gasteiger partial charge is 0.491 e. The van der Waals surface area contributed by atoms with Crippen LogP contribution in [0, 0.1) is 0 Å². The maximum atomic E-state index is 5.85. The molecule has 0 aliphatic heterocycles. The van der Waals surface area contributed by atoms with E-state index in [0.717, 1.165) is 16.8 Å².